The number of benzene rings is 1. The number of nitriles is 1. The number of carbonyl (C=O) groups excluding carboxylic acids is 1. The van der Waals surface area contributed by atoms with Crippen molar-refractivity contribution in [1.29, 1.82) is 5.26 Å². The fourth-order valence-corrected chi connectivity index (χ4v) is 3.76. The zero-order valence-corrected chi connectivity index (χ0v) is 17.2. The Kier molecular flexibility index (Phi) is 5.63. The van der Waals surface area contributed by atoms with Crippen molar-refractivity contribution in [3.63, 3.8) is 0 Å². The first-order valence-electron chi connectivity index (χ1n) is 9.63. The Labute approximate surface area is 179 Å². The van der Waals surface area contributed by atoms with Gasteiger partial charge in [0.05, 0.1) is 11.3 Å². The Hall–Kier alpha value is -3.44. The molecule has 30 heavy (non-hydrogen) atoms. The highest BCUT2D eigenvalue weighted by Crippen LogP contribution is 2.26. The second-order valence-electron chi connectivity index (χ2n) is 7.13. The van der Waals surface area contributed by atoms with E-state index in [9.17, 15) is 10.1 Å². The number of imidazole rings is 1. The molecule has 152 valence electrons. The second-order valence-corrected chi connectivity index (χ2v) is 7.57. The van der Waals surface area contributed by atoms with Crippen LogP contribution in [0.25, 0.3) is 5.82 Å². The molecule has 9 heteroatoms. The monoisotopic (exact) mass is 421 g/mol. The number of nitrogens with one attached hydrogen (secondary N) is 1. The molecule has 0 bridgehead atoms. The highest BCUT2D eigenvalue weighted by Gasteiger charge is 2.26. The van der Waals surface area contributed by atoms with Gasteiger partial charge in [-0.05, 0) is 38.0 Å². The van der Waals surface area contributed by atoms with Crippen molar-refractivity contribution in [1.82, 2.24) is 19.5 Å². The molecule has 0 atom stereocenters. The highest BCUT2D eigenvalue weighted by molar-refractivity contribution is 6.31. The molecule has 0 aliphatic carbocycles. The summed E-state index contributed by atoms with van der Waals surface area (Å²) in [6.45, 7) is 3.33. The van der Waals surface area contributed by atoms with Gasteiger partial charge < -0.3 is 10.2 Å². The lowest BCUT2D eigenvalue weighted by molar-refractivity contribution is -0.120. The smallest absolute Gasteiger partial charge is 0.227 e. The summed E-state index contributed by atoms with van der Waals surface area (Å²) in [5, 5.41) is 12.6. The maximum absolute atomic E-state index is 12.7. The van der Waals surface area contributed by atoms with Crippen LogP contribution in [0.2, 0.25) is 5.02 Å². The van der Waals surface area contributed by atoms with Crippen molar-refractivity contribution in [3.8, 4) is 11.9 Å². The summed E-state index contributed by atoms with van der Waals surface area (Å²) in [5.74, 6) is 2.22. The third-order valence-corrected chi connectivity index (χ3v) is 5.50. The molecule has 0 spiro atoms. The van der Waals surface area contributed by atoms with Crippen LogP contribution in [0, 0.1) is 24.2 Å². The van der Waals surface area contributed by atoms with Crippen molar-refractivity contribution >= 4 is 29.0 Å². The molecule has 1 aliphatic heterocycles. The molecular weight excluding hydrogens is 402 g/mol. The molecule has 1 amide bonds. The highest BCUT2D eigenvalue weighted by atomic mass is 35.5. The quantitative estimate of drug-likeness (QED) is 0.693. The summed E-state index contributed by atoms with van der Waals surface area (Å²) < 4.78 is 1.91. The number of halogens is 1. The fraction of sp³-hybridized carbons (Fsp3) is 0.286. The Balaban J connectivity index is 1.41. The molecule has 0 unspecified atom stereocenters. The number of aromatic nitrogens is 4. The van der Waals surface area contributed by atoms with E-state index in [1.807, 2.05) is 23.8 Å². The zero-order chi connectivity index (χ0) is 21.1. The van der Waals surface area contributed by atoms with Gasteiger partial charge >= 0.3 is 0 Å². The predicted octanol–water partition coefficient (Wildman–Crippen LogP) is 3.35. The van der Waals surface area contributed by atoms with E-state index in [-0.39, 0.29) is 11.8 Å². The van der Waals surface area contributed by atoms with Gasteiger partial charge in [0, 0.05) is 42.5 Å². The SMILES string of the molecule is Cc1nccn1-c1cc(N2CCC(C(=O)Nc3cc(Cl)ccc3C#N)CC2)ncn1. The van der Waals surface area contributed by atoms with Crippen LogP contribution in [0.15, 0.2) is 43.0 Å². The maximum Gasteiger partial charge on any atom is 0.227 e. The number of anilines is 2. The van der Waals surface area contributed by atoms with Crippen molar-refractivity contribution in [2.45, 2.75) is 19.8 Å². The maximum atomic E-state index is 12.7. The molecule has 8 nitrogen and oxygen atoms in total. The molecule has 3 aromatic rings. The lowest BCUT2D eigenvalue weighted by Gasteiger charge is -2.32. The minimum absolute atomic E-state index is 0.0918. The Bertz CT molecular complexity index is 1110. The van der Waals surface area contributed by atoms with Crippen LogP contribution < -0.4 is 10.2 Å². The minimum atomic E-state index is -0.135. The molecule has 0 saturated carbocycles. The summed E-state index contributed by atoms with van der Waals surface area (Å²) in [5.41, 5.74) is 0.849. The number of rotatable bonds is 4. The van der Waals surface area contributed by atoms with Gasteiger partial charge in [-0.2, -0.15) is 5.26 Å². The molecule has 3 heterocycles. The number of amides is 1. The molecule has 4 rings (SSSR count). The van der Waals surface area contributed by atoms with E-state index in [4.69, 9.17) is 11.6 Å². The normalized spacial score (nSPS) is 14.4. The van der Waals surface area contributed by atoms with Crippen LogP contribution in [-0.2, 0) is 4.79 Å². The zero-order valence-electron chi connectivity index (χ0n) is 16.4. The molecule has 1 aromatic carbocycles. The van der Waals surface area contributed by atoms with E-state index in [2.05, 4.69) is 31.2 Å². The van der Waals surface area contributed by atoms with Gasteiger partial charge in [-0.3, -0.25) is 9.36 Å². The third kappa shape index (κ3) is 4.11. The first-order valence-corrected chi connectivity index (χ1v) is 10.0. The van der Waals surface area contributed by atoms with E-state index in [1.165, 1.54) is 0 Å². The number of nitrogens with zero attached hydrogens (tertiary/aromatic N) is 6. The largest absolute Gasteiger partial charge is 0.356 e. The Morgan fingerprint density at radius 2 is 1.97 bits per heavy atom. The topological polar surface area (TPSA) is 99.7 Å². The second kappa shape index (κ2) is 8.51. The van der Waals surface area contributed by atoms with Crippen LogP contribution in [0.1, 0.15) is 24.2 Å². The lowest BCUT2D eigenvalue weighted by Crippen LogP contribution is -2.38. The van der Waals surface area contributed by atoms with Crippen molar-refractivity contribution in [2.75, 3.05) is 23.3 Å². The molecule has 1 N–H and O–H groups in total. The summed E-state index contributed by atoms with van der Waals surface area (Å²) in [6, 6.07) is 8.85. The number of aryl methyl sites for hydroxylation is 1. The standard InChI is InChI=1S/C21H20ClN7O/c1-14-24-6-9-29(14)20-11-19(25-13-26-20)28-7-4-15(5-8-28)21(30)27-18-10-17(22)3-2-16(18)12-23/h2-3,6,9-11,13,15H,4-5,7-8H2,1H3,(H,27,30). The molecule has 0 radical (unpaired) electrons. The van der Waals surface area contributed by atoms with Crippen molar-refractivity contribution in [3.05, 3.63) is 59.4 Å². The number of hydrogen-bond donors (Lipinski definition) is 1. The fourth-order valence-electron chi connectivity index (χ4n) is 3.58. The summed E-state index contributed by atoms with van der Waals surface area (Å²) in [6.07, 6.45) is 6.53. The molecule has 1 aliphatic rings. The number of hydrogen-bond acceptors (Lipinski definition) is 6. The van der Waals surface area contributed by atoms with Gasteiger partial charge in [0.1, 0.15) is 29.9 Å². The van der Waals surface area contributed by atoms with Crippen LogP contribution in [0.5, 0.6) is 0 Å². The molecule has 1 fully saturated rings. The van der Waals surface area contributed by atoms with E-state index in [0.717, 1.165) is 17.5 Å². The average molecular weight is 422 g/mol. The van der Waals surface area contributed by atoms with Crippen LogP contribution >= 0.6 is 11.6 Å². The van der Waals surface area contributed by atoms with Crippen molar-refractivity contribution < 1.29 is 4.79 Å². The van der Waals surface area contributed by atoms with E-state index < -0.39 is 0 Å². The summed E-state index contributed by atoms with van der Waals surface area (Å²) >= 11 is 6.00. The van der Waals surface area contributed by atoms with E-state index in [1.54, 1.807) is 30.7 Å². The number of piperidine rings is 1. The van der Waals surface area contributed by atoms with Gasteiger partial charge in [-0.25, -0.2) is 15.0 Å². The molecule has 1 saturated heterocycles. The van der Waals surface area contributed by atoms with E-state index in [0.29, 0.717) is 42.2 Å². The summed E-state index contributed by atoms with van der Waals surface area (Å²) in [4.78, 5) is 27.8. The molecular formula is C21H20ClN7O. The van der Waals surface area contributed by atoms with E-state index >= 15 is 0 Å². The van der Waals surface area contributed by atoms with Gasteiger partial charge in [-0.1, -0.05) is 11.6 Å². The van der Waals surface area contributed by atoms with Crippen LogP contribution in [-0.4, -0.2) is 38.5 Å². The average Bonchev–Trinajstić information content (AvgIpc) is 3.20. The Morgan fingerprint density at radius 3 is 2.67 bits per heavy atom. The van der Waals surface area contributed by atoms with Crippen LogP contribution in [0.3, 0.4) is 0 Å². The first kappa shape index (κ1) is 19.9. The summed E-state index contributed by atoms with van der Waals surface area (Å²) in [7, 11) is 0. The van der Waals surface area contributed by atoms with Crippen LogP contribution in [0.4, 0.5) is 11.5 Å². The lowest BCUT2D eigenvalue weighted by atomic mass is 9.95. The predicted molar refractivity (Wildman–Crippen MR) is 114 cm³/mol. The van der Waals surface area contributed by atoms with Gasteiger partial charge in [-0.15, -0.1) is 0 Å². The molecule has 2 aromatic heterocycles. The minimum Gasteiger partial charge on any atom is -0.356 e. The third-order valence-electron chi connectivity index (χ3n) is 5.26. The van der Waals surface area contributed by atoms with Gasteiger partial charge in [0.25, 0.3) is 0 Å². The van der Waals surface area contributed by atoms with Crippen molar-refractivity contribution in [2.24, 2.45) is 5.92 Å². The van der Waals surface area contributed by atoms with Gasteiger partial charge in [0.2, 0.25) is 5.91 Å². The van der Waals surface area contributed by atoms with Gasteiger partial charge in [0.15, 0.2) is 0 Å². The Morgan fingerprint density at radius 1 is 1.20 bits per heavy atom. The number of carbonyl (C=O) groups is 1. The first-order chi connectivity index (χ1) is 14.5.